The highest BCUT2D eigenvalue weighted by molar-refractivity contribution is 5.76. The molecular formula is C23H31N3O3. The van der Waals surface area contributed by atoms with Crippen molar-refractivity contribution in [3.63, 3.8) is 0 Å². The van der Waals surface area contributed by atoms with Gasteiger partial charge in [0.15, 0.2) is 0 Å². The quantitative estimate of drug-likeness (QED) is 0.659. The first-order valence-corrected chi connectivity index (χ1v) is 10.2. The predicted octanol–water partition coefficient (Wildman–Crippen LogP) is 2.57. The Labute approximate surface area is 173 Å². The third-order valence-corrected chi connectivity index (χ3v) is 5.31. The van der Waals surface area contributed by atoms with Crippen LogP contribution < -0.4 is 19.7 Å². The molecule has 2 aromatic rings. The minimum absolute atomic E-state index is 0.230. The van der Waals surface area contributed by atoms with E-state index < -0.39 is 0 Å². The SMILES string of the molecule is COc1ccc(N2CCN(C(=O)CCNCCc3cccc(OC)c3)CC2)cc1. The van der Waals surface area contributed by atoms with Crippen molar-refractivity contribution in [3.05, 3.63) is 54.1 Å². The lowest BCUT2D eigenvalue weighted by molar-refractivity contribution is -0.131. The number of anilines is 1. The van der Waals surface area contributed by atoms with Crippen LogP contribution in [0.3, 0.4) is 0 Å². The highest BCUT2D eigenvalue weighted by Gasteiger charge is 2.20. The van der Waals surface area contributed by atoms with Gasteiger partial charge in [-0.15, -0.1) is 0 Å². The van der Waals surface area contributed by atoms with Crippen LogP contribution in [-0.4, -0.2) is 64.3 Å². The molecule has 1 amide bonds. The number of hydrogen-bond donors (Lipinski definition) is 1. The van der Waals surface area contributed by atoms with Crippen LogP contribution in [0, 0.1) is 0 Å². The summed E-state index contributed by atoms with van der Waals surface area (Å²) in [6, 6.07) is 16.2. The first-order valence-electron chi connectivity index (χ1n) is 10.2. The molecule has 0 radical (unpaired) electrons. The van der Waals surface area contributed by atoms with Crippen LogP contribution in [0.4, 0.5) is 5.69 Å². The number of methoxy groups -OCH3 is 2. The number of hydrogen-bond acceptors (Lipinski definition) is 5. The Hall–Kier alpha value is -2.73. The van der Waals surface area contributed by atoms with Gasteiger partial charge in [0.05, 0.1) is 14.2 Å². The Morgan fingerprint density at radius 2 is 1.66 bits per heavy atom. The maximum atomic E-state index is 12.5. The van der Waals surface area contributed by atoms with E-state index in [-0.39, 0.29) is 5.91 Å². The molecule has 1 saturated heterocycles. The van der Waals surface area contributed by atoms with Crippen molar-refractivity contribution in [2.24, 2.45) is 0 Å². The Kier molecular flexibility index (Phi) is 7.76. The normalized spacial score (nSPS) is 14.0. The first kappa shape index (κ1) is 21.0. The smallest absolute Gasteiger partial charge is 0.223 e. The highest BCUT2D eigenvalue weighted by Crippen LogP contribution is 2.20. The third kappa shape index (κ3) is 6.12. The minimum Gasteiger partial charge on any atom is -0.497 e. The molecule has 0 unspecified atom stereocenters. The molecule has 6 nitrogen and oxygen atoms in total. The van der Waals surface area contributed by atoms with E-state index in [0.717, 1.165) is 50.6 Å². The van der Waals surface area contributed by atoms with E-state index in [1.807, 2.05) is 29.2 Å². The number of carbonyl (C=O) groups is 1. The van der Waals surface area contributed by atoms with Gasteiger partial charge >= 0.3 is 0 Å². The van der Waals surface area contributed by atoms with Crippen molar-refractivity contribution in [3.8, 4) is 11.5 Å². The third-order valence-electron chi connectivity index (χ3n) is 5.31. The van der Waals surface area contributed by atoms with Gasteiger partial charge in [-0.3, -0.25) is 4.79 Å². The topological polar surface area (TPSA) is 54.0 Å². The van der Waals surface area contributed by atoms with Gasteiger partial charge in [-0.25, -0.2) is 0 Å². The maximum Gasteiger partial charge on any atom is 0.223 e. The van der Waals surface area contributed by atoms with Gasteiger partial charge < -0.3 is 24.6 Å². The van der Waals surface area contributed by atoms with Crippen molar-refractivity contribution in [1.29, 1.82) is 0 Å². The van der Waals surface area contributed by atoms with Crippen molar-refractivity contribution in [2.45, 2.75) is 12.8 Å². The van der Waals surface area contributed by atoms with Gasteiger partial charge in [0, 0.05) is 44.8 Å². The lowest BCUT2D eigenvalue weighted by atomic mass is 10.1. The fourth-order valence-corrected chi connectivity index (χ4v) is 3.55. The average Bonchev–Trinajstić information content (AvgIpc) is 2.79. The second-order valence-corrected chi connectivity index (χ2v) is 7.17. The molecule has 0 aliphatic carbocycles. The Bertz CT molecular complexity index is 771. The number of piperazine rings is 1. The average molecular weight is 398 g/mol. The van der Waals surface area contributed by atoms with Crippen LogP contribution in [0.25, 0.3) is 0 Å². The summed E-state index contributed by atoms with van der Waals surface area (Å²) < 4.78 is 10.5. The van der Waals surface area contributed by atoms with E-state index in [2.05, 4.69) is 34.5 Å². The molecule has 2 aromatic carbocycles. The number of ether oxygens (including phenoxy) is 2. The van der Waals surface area contributed by atoms with Crippen LogP contribution in [0.15, 0.2) is 48.5 Å². The van der Waals surface area contributed by atoms with E-state index in [4.69, 9.17) is 9.47 Å². The lowest BCUT2D eigenvalue weighted by Crippen LogP contribution is -2.49. The first-order chi connectivity index (χ1) is 14.2. The molecule has 0 atom stereocenters. The molecule has 1 aliphatic rings. The summed E-state index contributed by atoms with van der Waals surface area (Å²) in [4.78, 5) is 16.8. The zero-order chi connectivity index (χ0) is 20.5. The van der Waals surface area contributed by atoms with Gasteiger partial charge in [0.25, 0.3) is 0 Å². The van der Waals surface area contributed by atoms with Gasteiger partial charge in [-0.2, -0.15) is 0 Å². The number of amides is 1. The lowest BCUT2D eigenvalue weighted by Gasteiger charge is -2.36. The minimum atomic E-state index is 0.230. The van der Waals surface area contributed by atoms with Crippen molar-refractivity contribution in [1.82, 2.24) is 10.2 Å². The maximum absolute atomic E-state index is 12.5. The van der Waals surface area contributed by atoms with E-state index in [0.29, 0.717) is 13.0 Å². The summed E-state index contributed by atoms with van der Waals surface area (Å²) in [5.74, 6) is 1.97. The molecule has 29 heavy (non-hydrogen) atoms. The Morgan fingerprint density at radius 3 is 2.34 bits per heavy atom. The Morgan fingerprint density at radius 1 is 0.931 bits per heavy atom. The molecule has 1 fully saturated rings. The molecule has 3 rings (SSSR count). The van der Waals surface area contributed by atoms with E-state index in [9.17, 15) is 4.79 Å². The standard InChI is InChI=1S/C23H31N3O3/c1-28-21-8-6-20(7-9-21)25-14-16-26(17-15-25)23(27)11-13-24-12-10-19-4-3-5-22(18-19)29-2/h3-9,18,24H,10-17H2,1-2H3. The van der Waals surface area contributed by atoms with Crippen LogP contribution in [0.5, 0.6) is 11.5 Å². The summed E-state index contributed by atoms with van der Waals surface area (Å²) in [6.07, 6.45) is 1.46. The monoisotopic (exact) mass is 397 g/mol. The summed E-state index contributed by atoms with van der Waals surface area (Å²) in [6.45, 7) is 4.83. The summed E-state index contributed by atoms with van der Waals surface area (Å²) in [5.41, 5.74) is 2.41. The number of benzene rings is 2. The van der Waals surface area contributed by atoms with Gasteiger partial charge in [-0.1, -0.05) is 12.1 Å². The number of carbonyl (C=O) groups excluding carboxylic acids is 1. The molecule has 0 aromatic heterocycles. The van der Waals surface area contributed by atoms with E-state index in [1.165, 1.54) is 11.3 Å². The molecule has 1 aliphatic heterocycles. The number of nitrogens with zero attached hydrogens (tertiary/aromatic N) is 2. The van der Waals surface area contributed by atoms with Crippen molar-refractivity contribution in [2.75, 3.05) is 58.4 Å². The summed E-state index contributed by atoms with van der Waals surface area (Å²) in [5, 5.41) is 3.38. The van der Waals surface area contributed by atoms with E-state index in [1.54, 1.807) is 14.2 Å². The number of nitrogens with one attached hydrogen (secondary N) is 1. The van der Waals surface area contributed by atoms with Crippen LogP contribution in [-0.2, 0) is 11.2 Å². The molecule has 156 valence electrons. The molecule has 0 bridgehead atoms. The van der Waals surface area contributed by atoms with Crippen LogP contribution in [0.1, 0.15) is 12.0 Å². The highest BCUT2D eigenvalue weighted by atomic mass is 16.5. The molecule has 1 heterocycles. The number of rotatable bonds is 9. The zero-order valence-electron chi connectivity index (χ0n) is 17.4. The van der Waals surface area contributed by atoms with Gasteiger partial charge in [0.1, 0.15) is 11.5 Å². The van der Waals surface area contributed by atoms with Crippen molar-refractivity contribution >= 4 is 11.6 Å². The zero-order valence-corrected chi connectivity index (χ0v) is 17.4. The van der Waals surface area contributed by atoms with Gasteiger partial charge in [-0.05, 0) is 54.9 Å². The molecular weight excluding hydrogens is 366 g/mol. The summed E-state index contributed by atoms with van der Waals surface area (Å²) >= 11 is 0. The molecule has 1 N–H and O–H groups in total. The molecule has 6 heteroatoms. The molecule has 0 spiro atoms. The Balaban J connectivity index is 1.33. The fourth-order valence-electron chi connectivity index (χ4n) is 3.55. The van der Waals surface area contributed by atoms with E-state index >= 15 is 0 Å². The largest absolute Gasteiger partial charge is 0.497 e. The fraction of sp³-hybridized carbons (Fsp3) is 0.435. The van der Waals surface area contributed by atoms with Crippen LogP contribution >= 0.6 is 0 Å². The van der Waals surface area contributed by atoms with Crippen molar-refractivity contribution < 1.29 is 14.3 Å². The van der Waals surface area contributed by atoms with Gasteiger partial charge in [0.2, 0.25) is 5.91 Å². The second-order valence-electron chi connectivity index (χ2n) is 7.17. The summed E-state index contributed by atoms with van der Waals surface area (Å²) in [7, 11) is 3.35. The van der Waals surface area contributed by atoms with Crippen LogP contribution in [0.2, 0.25) is 0 Å². The molecule has 0 saturated carbocycles. The second kappa shape index (κ2) is 10.7. The predicted molar refractivity (Wildman–Crippen MR) is 116 cm³/mol.